The monoisotopic (exact) mass is 217 g/mol. The molecule has 16 heavy (non-hydrogen) atoms. The Morgan fingerprint density at radius 2 is 1.75 bits per heavy atom. The highest BCUT2D eigenvalue weighted by Crippen LogP contribution is 2.23. The van der Waals surface area contributed by atoms with Gasteiger partial charge >= 0.3 is 0 Å². The van der Waals surface area contributed by atoms with E-state index < -0.39 is 6.10 Å². The van der Waals surface area contributed by atoms with Crippen molar-refractivity contribution in [1.29, 1.82) is 0 Å². The maximum Gasteiger partial charge on any atom is 0.0924 e. The Bertz CT molecular complexity index is 383. The molecule has 2 heteroatoms. The summed E-state index contributed by atoms with van der Waals surface area (Å²) in [5.74, 6) is 5.77. The topological polar surface area (TPSA) is 23.5 Å². The van der Waals surface area contributed by atoms with Crippen LogP contribution in [0.4, 0.5) is 5.69 Å². The second-order valence-corrected chi connectivity index (χ2v) is 4.11. The molecule has 0 aliphatic rings. The van der Waals surface area contributed by atoms with Crippen molar-refractivity contribution >= 4 is 5.69 Å². The van der Waals surface area contributed by atoms with Gasteiger partial charge in [-0.3, -0.25) is 0 Å². The van der Waals surface area contributed by atoms with Crippen molar-refractivity contribution in [3.8, 4) is 11.8 Å². The minimum Gasteiger partial charge on any atom is -0.387 e. The van der Waals surface area contributed by atoms with Crippen LogP contribution in [0.15, 0.2) is 24.3 Å². The molecule has 0 radical (unpaired) electrons. The van der Waals surface area contributed by atoms with Crippen LogP contribution in [0.1, 0.15) is 25.5 Å². The number of hydrogen-bond donors (Lipinski definition) is 1. The fourth-order valence-electron chi connectivity index (χ4n) is 1.56. The molecule has 0 saturated heterocycles. The van der Waals surface area contributed by atoms with Crippen molar-refractivity contribution in [2.75, 3.05) is 19.0 Å². The Morgan fingerprint density at radius 1 is 1.19 bits per heavy atom. The molecular formula is C14H19NO. The van der Waals surface area contributed by atoms with E-state index in [0.29, 0.717) is 0 Å². The lowest BCUT2D eigenvalue weighted by Gasteiger charge is -2.17. The molecule has 0 amide bonds. The van der Waals surface area contributed by atoms with Crippen LogP contribution < -0.4 is 4.90 Å². The molecule has 0 heterocycles. The molecule has 0 aromatic heterocycles. The van der Waals surface area contributed by atoms with Crippen LogP contribution in [-0.4, -0.2) is 19.2 Å². The van der Waals surface area contributed by atoms with Gasteiger partial charge in [0.05, 0.1) is 6.10 Å². The van der Waals surface area contributed by atoms with Crippen LogP contribution in [0.5, 0.6) is 0 Å². The maximum atomic E-state index is 10.0. The van der Waals surface area contributed by atoms with E-state index in [1.807, 2.05) is 50.2 Å². The van der Waals surface area contributed by atoms with Crippen LogP contribution in [-0.2, 0) is 0 Å². The van der Waals surface area contributed by atoms with Crippen molar-refractivity contribution < 1.29 is 5.11 Å². The highest BCUT2D eigenvalue weighted by molar-refractivity contribution is 5.46. The number of rotatable bonds is 3. The number of anilines is 1. The lowest BCUT2D eigenvalue weighted by molar-refractivity contribution is 0.143. The number of benzene rings is 1. The fourth-order valence-corrected chi connectivity index (χ4v) is 1.56. The van der Waals surface area contributed by atoms with E-state index in [4.69, 9.17) is 0 Å². The van der Waals surface area contributed by atoms with Gasteiger partial charge in [-0.25, -0.2) is 0 Å². The number of aliphatic hydroxyl groups is 1. The van der Waals surface area contributed by atoms with Crippen LogP contribution >= 0.6 is 0 Å². The van der Waals surface area contributed by atoms with Crippen molar-refractivity contribution in [2.45, 2.75) is 20.0 Å². The summed E-state index contributed by atoms with van der Waals surface area (Å²) in [4.78, 5) is 2.03. The van der Waals surface area contributed by atoms with Gasteiger partial charge in [-0.05, 0) is 31.5 Å². The summed E-state index contributed by atoms with van der Waals surface area (Å²) in [5.41, 5.74) is 2.05. The first-order chi connectivity index (χ1) is 7.56. The molecule has 2 atom stereocenters. The molecule has 1 aromatic rings. The van der Waals surface area contributed by atoms with Crippen molar-refractivity contribution in [3.63, 3.8) is 0 Å². The normalized spacial score (nSPS) is 13.6. The Balaban J connectivity index is 2.84. The molecule has 1 rings (SSSR count). The van der Waals surface area contributed by atoms with Crippen LogP contribution in [0.25, 0.3) is 0 Å². The summed E-state index contributed by atoms with van der Waals surface area (Å²) in [6.07, 6.45) is -0.510. The molecule has 1 aromatic carbocycles. The van der Waals surface area contributed by atoms with Gasteiger partial charge in [-0.1, -0.05) is 18.1 Å². The third-order valence-electron chi connectivity index (χ3n) is 2.60. The number of aliphatic hydroxyl groups excluding tert-OH is 1. The Kier molecular flexibility index (Phi) is 4.39. The minimum absolute atomic E-state index is 0.0322. The molecule has 2 unspecified atom stereocenters. The van der Waals surface area contributed by atoms with Gasteiger partial charge in [0, 0.05) is 25.7 Å². The third-order valence-corrected chi connectivity index (χ3v) is 2.60. The fraction of sp³-hybridized carbons (Fsp3) is 0.429. The Morgan fingerprint density at radius 3 is 2.19 bits per heavy atom. The van der Waals surface area contributed by atoms with Crippen molar-refractivity contribution in [1.82, 2.24) is 0 Å². The molecule has 0 saturated carbocycles. The summed E-state index contributed by atoms with van der Waals surface area (Å²) >= 11 is 0. The summed E-state index contributed by atoms with van der Waals surface area (Å²) in [7, 11) is 3.99. The van der Waals surface area contributed by atoms with Gasteiger partial charge in [-0.15, -0.1) is 5.92 Å². The van der Waals surface area contributed by atoms with E-state index in [1.165, 1.54) is 0 Å². The smallest absolute Gasteiger partial charge is 0.0924 e. The van der Waals surface area contributed by atoms with Gasteiger partial charge in [-0.2, -0.15) is 0 Å². The average molecular weight is 217 g/mol. The van der Waals surface area contributed by atoms with E-state index in [0.717, 1.165) is 11.3 Å². The molecule has 2 nitrogen and oxygen atoms in total. The maximum absolute atomic E-state index is 10.0. The van der Waals surface area contributed by atoms with Gasteiger partial charge in [0.1, 0.15) is 0 Å². The van der Waals surface area contributed by atoms with Gasteiger partial charge < -0.3 is 10.0 Å². The van der Waals surface area contributed by atoms with Gasteiger partial charge in [0.15, 0.2) is 0 Å². The number of nitrogens with zero attached hydrogens (tertiary/aromatic N) is 1. The first kappa shape index (κ1) is 12.6. The zero-order chi connectivity index (χ0) is 12.1. The van der Waals surface area contributed by atoms with Crippen LogP contribution in [0.2, 0.25) is 0 Å². The van der Waals surface area contributed by atoms with E-state index in [9.17, 15) is 5.11 Å². The van der Waals surface area contributed by atoms with Crippen molar-refractivity contribution in [3.05, 3.63) is 29.8 Å². The molecule has 0 aliphatic carbocycles. The van der Waals surface area contributed by atoms with Crippen LogP contribution in [0, 0.1) is 17.8 Å². The second kappa shape index (κ2) is 5.58. The van der Waals surface area contributed by atoms with Crippen molar-refractivity contribution in [2.24, 2.45) is 5.92 Å². The standard InChI is InChI=1S/C14H19NO/c1-5-6-11(2)14(16)12-7-9-13(10-8-12)15(3)4/h7-11,14,16H,1-4H3. The zero-order valence-electron chi connectivity index (χ0n) is 10.4. The Hall–Kier alpha value is -1.46. The van der Waals surface area contributed by atoms with E-state index in [2.05, 4.69) is 11.8 Å². The minimum atomic E-state index is -0.510. The molecular weight excluding hydrogens is 198 g/mol. The third kappa shape index (κ3) is 3.01. The predicted molar refractivity (Wildman–Crippen MR) is 68.3 cm³/mol. The van der Waals surface area contributed by atoms with E-state index in [1.54, 1.807) is 6.92 Å². The van der Waals surface area contributed by atoms with E-state index in [-0.39, 0.29) is 5.92 Å². The summed E-state index contributed by atoms with van der Waals surface area (Å²) in [6.45, 7) is 3.72. The Labute approximate surface area is 97.9 Å². The van der Waals surface area contributed by atoms with Gasteiger partial charge in [0.25, 0.3) is 0 Å². The molecule has 1 N–H and O–H groups in total. The van der Waals surface area contributed by atoms with Crippen LogP contribution in [0.3, 0.4) is 0 Å². The summed E-state index contributed by atoms with van der Waals surface area (Å²) in [6, 6.07) is 7.91. The molecule has 0 spiro atoms. The number of hydrogen-bond acceptors (Lipinski definition) is 2. The lowest BCUT2D eigenvalue weighted by atomic mass is 9.98. The first-order valence-corrected chi connectivity index (χ1v) is 5.44. The first-order valence-electron chi connectivity index (χ1n) is 5.44. The highest BCUT2D eigenvalue weighted by Gasteiger charge is 2.13. The second-order valence-electron chi connectivity index (χ2n) is 4.11. The summed E-state index contributed by atoms with van der Waals surface area (Å²) < 4.78 is 0. The zero-order valence-corrected chi connectivity index (χ0v) is 10.4. The summed E-state index contributed by atoms with van der Waals surface area (Å²) in [5, 5.41) is 10.0. The average Bonchev–Trinajstić information content (AvgIpc) is 2.28. The predicted octanol–water partition coefficient (Wildman–Crippen LogP) is 2.45. The SMILES string of the molecule is CC#CC(C)C(O)c1ccc(N(C)C)cc1. The highest BCUT2D eigenvalue weighted by atomic mass is 16.3. The largest absolute Gasteiger partial charge is 0.387 e. The molecule has 0 bridgehead atoms. The quantitative estimate of drug-likeness (QED) is 0.786. The lowest BCUT2D eigenvalue weighted by Crippen LogP contribution is -2.10. The molecule has 86 valence electrons. The molecule has 0 aliphatic heterocycles. The molecule has 0 fully saturated rings. The van der Waals surface area contributed by atoms with Gasteiger partial charge in [0.2, 0.25) is 0 Å². The van der Waals surface area contributed by atoms with E-state index >= 15 is 0 Å².